The Balaban J connectivity index is 1.99. The Morgan fingerprint density at radius 1 is 1.38 bits per heavy atom. The van der Waals surface area contributed by atoms with E-state index >= 15 is 0 Å². The van der Waals surface area contributed by atoms with Crippen LogP contribution in [0.1, 0.15) is 17.4 Å². The third-order valence-corrected chi connectivity index (χ3v) is 4.33. The van der Waals surface area contributed by atoms with Crippen LogP contribution in [-0.4, -0.2) is 42.1 Å². The minimum atomic E-state index is -0.393. The van der Waals surface area contributed by atoms with E-state index in [0.717, 1.165) is 24.3 Å². The molecule has 0 N–H and O–H groups in total. The van der Waals surface area contributed by atoms with Gasteiger partial charge in [0.2, 0.25) is 0 Å². The topological polar surface area (TPSA) is 55.3 Å². The van der Waals surface area contributed by atoms with Gasteiger partial charge in [-0.25, -0.2) is 9.37 Å². The fourth-order valence-electron chi connectivity index (χ4n) is 2.13. The van der Waals surface area contributed by atoms with E-state index in [1.807, 2.05) is 0 Å². The molecule has 0 unspecified atom stereocenters. The zero-order chi connectivity index (χ0) is 14.8. The molecule has 1 fully saturated rings. The lowest BCUT2D eigenvalue weighted by Gasteiger charge is -2.27. The highest BCUT2D eigenvalue weighted by Gasteiger charge is 2.23. The Bertz CT molecular complexity index is 651. The van der Waals surface area contributed by atoms with Crippen LogP contribution >= 0.6 is 11.3 Å². The maximum absolute atomic E-state index is 13.0. The van der Waals surface area contributed by atoms with Gasteiger partial charge in [-0.05, 0) is 12.1 Å². The molecule has 0 saturated carbocycles. The molecule has 0 atom stereocenters. The van der Waals surface area contributed by atoms with Gasteiger partial charge < -0.3 is 9.64 Å². The molecule has 1 aliphatic heterocycles. The van der Waals surface area contributed by atoms with E-state index in [0.29, 0.717) is 29.6 Å². The summed E-state index contributed by atoms with van der Waals surface area (Å²) >= 11 is 1.41. The number of nitrogens with zero attached hydrogens (tertiary/aromatic N) is 3. The lowest BCUT2D eigenvalue weighted by molar-refractivity contribution is 0.101. The highest BCUT2D eigenvalue weighted by Crippen LogP contribution is 2.34. The van der Waals surface area contributed by atoms with Crippen LogP contribution in [0.4, 0.5) is 9.39 Å². The van der Waals surface area contributed by atoms with Crippen molar-refractivity contribution < 1.29 is 13.9 Å². The highest BCUT2D eigenvalue weighted by molar-refractivity contribution is 7.19. The minimum absolute atomic E-state index is 0.0823. The number of hydrogen-bond donors (Lipinski definition) is 0. The Kier molecular flexibility index (Phi) is 3.94. The average molecular weight is 307 g/mol. The number of hydrogen-bond acceptors (Lipinski definition) is 6. The third-order valence-electron chi connectivity index (χ3n) is 3.19. The Morgan fingerprint density at radius 3 is 2.76 bits per heavy atom. The normalized spacial score (nSPS) is 15.2. The predicted molar refractivity (Wildman–Crippen MR) is 78.3 cm³/mol. The molecular formula is C14H14FN3O2S. The van der Waals surface area contributed by atoms with Crippen LogP contribution in [0.25, 0.3) is 10.7 Å². The number of ketones is 1. The maximum Gasteiger partial charge on any atom is 0.181 e. The van der Waals surface area contributed by atoms with Crippen molar-refractivity contribution in [2.75, 3.05) is 31.2 Å². The zero-order valence-electron chi connectivity index (χ0n) is 11.5. The summed E-state index contributed by atoms with van der Waals surface area (Å²) in [5.41, 5.74) is 1.02. The van der Waals surface area contributed by atoms with Crippen molar-refractivity contribution >= 4 is 22.1 Å². The first-order chi connectivity index (χ1) is 10.1. The lowest BCUT2D eigenvalue weighted by Crippen LogP contribution is -2.36. The number of Topliss-reactive ketones (excluding diaryl/α,β-unsaturated/α-hetero) is 1. The van der Waals surface area contributed by atoms with E-state index in [4.69, 9.17) is 4.74 Å². The van der Waals surface area contributed by atoms with E-state index in [1.54, 1.807) is 6.07 Å². The number of carbonyl (C=O) groups excluding carboxylic acids is 1. The van der Waals surface area contributed by atoms with Gasteiger partial charge in [0.15, 0.2) is 5.78 Å². The van der Waals surface area contributed by atoms with Crippen LogP contribution in [0.15, 0.2) is 18.3 Å². The van der Waals surface area contributed by atoms with E-state index in [9.17, 15) is 9.18 Å². The Morgan fingerprint density at radius 2 is 2.14 bits per heavy atom. The van der Waals surface area contributed by atoms with Gasteiger partial charge in [-0.3, -0.25) is 9.78 Å². The van der Waals surface area contributed by atoms with Crippen molar-refractivity contribution in [2.45, 2.75) is 6.92 Å². The molecule has 0 bridgehead atoms. The van der Waals surface area contributed by atoms with Crippen LogP contribution in [0.3, 0.4) is 0 Å². The smallest absolute Gasteiger partial charge is 0.181 e. The molecule has 1 saturated heterocycles. The van der Waals surface area contributed by atoms with Crippen molar-refractivity contribution in [1.82, 2.24) is 9.97 Å². The quantitative estimate of drug-likeness (QED) is 0.815. The molecule has 3 rings (SSSR count). The molecule has 5 nitrogen and oxygen atoms in total. The summed E-state index contributed by atoms with van der Waals surface area (Å²) in [4.78, 5) is 22.3. The van der Waals surface area contributed by atoms with E-state index in [2.05, 4.69) is 14.9 Å². The summed E-state index contributed by atoms with van der Waals surface area (Å²) in [5.74, 6) is -0.475. The molecule has 1 aliphatic rings. The van der Waals surface area contributed by atoms with Crippen LogP contribution < -0.4 is 4.90 Å². The second-order valence-electron chi connectivity index (χ2n) is 4.69. The molecular weight excluding hydrogens is 293 g/mol. The molecule has 7 heteroatoms. The van der Waals surface area contributed by atoms with Crippen LogP contribution in [0.5, 0.6) is 0 Å². The molecule has 0 aliphatic carbocycles. The maximum atomic E-state index is 13.0. The van der Waals surface area contributed by atoms with E-state index < -0.39 is 5.82 Å². The number of rotatable bonds is 3. The zero-order valence-corrected chi connectivity index (χ0v) is 12.3. The Hall–Kier alpha value is -1.86. The number of anilines is 1. The standard InChI is InChI=1S/C14H14FN3O2S/c1-9(19)12-14(18-4-6-20-7-5-18)21-13(17-12)11-3-2-10(15)8-16-11/h2-3,8H,4-7H2,1H3. The monoisotopic (exact) mass is 307 g/mol. The van der Waals surface area contributed by atoms with Gasteiger partial charge in [0.1, 0.15) is 21.5 Å². The first-order valence-corrected chi connectivity index (χ1v) is 7.43. The van der Waals surface area contributed by atoms with Crippen LogP contribution in [0, 0.1) is 5.82 Å². The molecule has 110 valence electrons. The third kappa shape index (κ3) is 2.93. The second kappa shape index (κ2) is 5.87. The number of thiazole rings is 1. The molecule has 2 aromatic heterocycles. The first kappa shape index (κ1) is 14.1. The van der Waals surface area contributed by atoms with E-state index in [-0.39, 0.29) is 5.78 Å². The highest BCUT2D eigenvalue weighted by atomic mass is 32.1. The lowest BCUT2D eigenvalue weighted by atomic mass is 10.3. The number of halogens is 1. The molecule has 3 heterocycles. The average Bonchev–Trinajstić information content (AvgIpc) is 2.94. The molecule has 21 heavy (non-hydrogen) atoms. The van der Waals surface area contributed by atoms with Crippen molar-refractivity contribution in [3.63, 3.8) is 0 Å². The first-order valence-electron chi connectivity index (χ1n) is 6.61. The molecule has 0 radical (unpaired) electrons. The van der Waals surface area contributed by atoms with Crippen molar-refractivity contribution in [3.8, 4) is 10.7 Å². The van der Waals surface area contributed by atoms with Gasteiger partial charge in [0.05, 0.1) is 25.1 Å². The summed E-state index contributed by atoms with van der Waals surface area (Å²) < 4.78 is 18.3. The summed E-state index contributed by atoms with van der Waals surface area (Å²) in [6.07, 6.45) is 1.15. The van der Waals surface area contributed by atoms with Crippen molar-refractivity contribution in [3.05, 3.63) is 29.8 Å². The second-order valence-corrected chi connectivity index (χ2v) is 5.67. The predicted octanol–water partition coefficient (Wildman–Crippen LogP) is 2.38. The van der Waals surface area contributed by atoms with Crippen LogP contribution in [-0.2, 0) is 4.74 Å². The fraction of sp³-hybridized carbons (Fsp3) is 0.357. The van der Waals surface area contributed by atoms with Gasteiger partial charge in [-0.15, -0.1) is 0 Å². The Labute approximate surface area is 125 Å². The van der Waals surface area contributed by atoms with Gasteiger partial charge in [0.25, 0.3) is 0 Å². The van der Waals surface area contributed by atoms with Gasteiger partial charge in [0, 0.05) is 20.0 Å². The molecule has 2 aromatic rings. The largest absolute Gasteiger partial charge is 0.378 e. The summed E-state index contributed by atoms with van der Waals surface area (Å²) in [6, 6.07) is 2.91. The SMILES string of the molecule is CC(=O)c1nc(-c2ccc(F)cn2)sc1N1CCOCC1. The van der Waals surface area contributed by atoms with Gasteiger partial charge in [-0.1, -0.05) is 11.3 Å². The summed E-state index contributed by atoms with van der Waals surface area (Å²) in [7, 11) is 0. The molecule has 0 spiro atoms. The van der Waals surface area contributed by atoms with Gasteiger partial charge in [-0.2, -0.15) is 0 Å². The number of aromatic nitrogens is 2. The molecule has 0 amide bonds. The summed E-state index contributed by atoms with van der Waals surface area (Å²) in [5, 5.41) is 1.47. The minimum Gasteiger partial charge on any atom is -0.378 e. The van der Waals surface area contributed by atoms with Crippen molar-refractivity contribution in [2.24, 2.45) is 0 Å². The van der Waals surface area contributed by atoms with Gasteiger partial charge >= 0.3 is 0 Å². The number of carbonyl (C=O) groups is 1. The van der Waals surface area contributed by atoms with E-state index in [1.165, 1.54) is 24.3 Å². The molecule has 0 aromatic carbocycles. The number of pyridine rings is 1. The number of morpholine rings is 1. The fourth-order valence-corrected chi connectivity index (χ4v) is 3.28. The van der Waals surface area contributed by atoms with Crippen molar-refractivity contribution in [1.29, 1.82) is 0 Å². The number of ether oxygens (including phenoxy) is 1. The van der Waals surface area contributed by atoms with Crippen LogP contribution in [0.2, 0.25) is 0 Å². The summed E-state index contributed by atoms with van der Waals surface area (Å²) in [6.45, 7) is 4.25.